The monoisotopic (exact) mass is 395 g/mol. The second-order valence-electron chi connectivity index (χ2n) is 6.57. The molecule has 1 heterocycles. The molecular weight excluding hydrogens is 373 g/mol. The van der Waals surface area contributed by atoms with Crippen molar-refractivity contribution in [3.05, 3.63) is 89.0 Å². The molecule has 3 aromatic rings. The van der Waals surface area contributed by atoms with E-state index in [1.165, 1.54) is 6.07 Å². The standard InChI is InChI=1S/C22H22FN3O3/c1-15-7-8-16(2)26(15)25-22(28)17-9-11-19(12-10-17)29-14-21(27)24-13-18-5-3-4-6-20(18)23/h3-12H,13-14H2,1-2H3,(H,24,27)(H,25,28). The highest BCUT2D eigenvalue weighted by atomic mass is 19.1. The van der Waals surface area contributed by atoms with Crippen molar-refractivity contribution in [3.8, 4) is 5.75 Å². The maximum atomic E-state index is 13.5. The Hall–Kier alpha value is -3.61. The van der Waals surface area contributed by atoms with E-state index < -0.39 is 0 Å². The van der Waals surface area contributed by atoms with E-state index in [2.05, 4.69) is 10.7 Å². The number of halogens is 1. The van der Waals surface area contributed by atoms with Crippen LogP contribution in [0.5, 0.6) is 5.75 Å². The molecule has 0 radical (unpaired) electrons. The molecule has 0 atom stereocenters. The van der Waals surface area contributed by atoms with Gasteiger partial charge in [-0.15, -0.1) is 0 Å². The van der Waals surface area contributed by atoms with Crippen molar-refractivity contribution in [2.45, 2.75) is 20.4 Å². The van der Waals surface area contributed by atoms with Crippen molar-refractivity contribution in [1.82, 2.24) is 9.99 Å². The summed E-state index contributed by atoms with van der Waals surface area (Å²) in [5.41, 5.74) is 5.55. The van der Waals surface area contributed by atoms with Gasteiger partial charge in [0.2, 0.25) is 0 Å². The zero-order valence-electron chi connectivity index (χ0n) is 16.2. The Kier molecular flexibility index (Phi) is 6.29. The normalized spacial score (nSPS) is 10.4. The molecular formula is C22H22FN3O3. The lowest BCUT2D eigenvalue weighted by atomic mass is 10.2. The van der Waals surface area contributed by atoms with Crippen molar-refractivity contribution < 1.29 is 18.7 Å². The molecule has 2 N–H and O–H groups in total. The molecule has 7 heteroatoms. The van der Waals surface area contributed by atoms with Crippen LogP contribution in [0.2, 0.25) is 0 Å². The predicted octanol–water partition coefficient (Wildman–Crippen LogP) is 3.32. The lowest BCUT2D eigenvalue weighted by Gasteiger charge is -2.12. The number of carbonyl (C=O) groups excluding carboxylic acids is 2. The van der Waals surface area contributed by atoms with Gasteiger partial charge in [0.1, 0.15) is 11.6 Å². The number of aromatic nitrogens is 1. The first-order valence-electron chi connectivity index (χ1n) is 9.13. The van der Waals surface area contributed by atoms with Crippen LogP contribution < -0.4 is 15.5 Å². The van der Waals surface area contributed by atoms with Crippen LogP contribution in [-0.2, 0) is 11.3 Å². The highest BCUT2D eigenvalue weighted by Crippen LogP contribution is 2.13. The molecule has 0 saturated heterocycles. The molecule has 3 rings (SSSR count). The molecule has 2 aromatic carbocycles. The molecule has 0 saturated carbocycles. The molecule has 0 aliphatic heterocycles. The van der Waals surface area contributed by atoms with Gasteiger partial charge in [0.25, 0.3) is 11.8 Å². The van der Waals surface area contributed by atoms with Crippen LogP contribution in [0.1, 0.15) is 27.3 Å². The number of nitrogens with one attached hydrogen (secondary N) is 2. The fraction of sp³-hybridized carbons (Fsp3) is 0.182. The van der Waals surface area contributed by atoms with Crippen LogP contribution in [0.25, 0.3) is 0 Å². The maximum absolute atomic E-state index is 13.5. The smallest absolute Gasteiger partial charge is 0.270 e. The number of rotatable bonds is 7. The van der Waals surface area contributed by atoms with Gasteiger partial charge in [0.05, 0.1) is 0 Å². The molecule has 29 heavy (non-hydrogen) atoms. The SMILES string of the molecule is Cc1ccc(C)n1NC(=O)c1ccc(OCC(=O)NCc2ccccc2F)cc1. The lowest BCUT2D eigenvalue weighted by Crippen LogP contribution is -2.28. The molecule has 0 bridgehead atoms. The van der Waals surface area contributed by atoms with Gasteiger partial charge in [-0.1, -0.05) is 18.2 Å². The summed E-state index contributed by atoms with van der Waals surface area (Å²) >= 11 is 0. The largest absolute Gasteiger partial charge is 0.484 e. The van der Waals surface area contributed by atoms with Gasteiger partial charge in [-0.05, 0) is 56.3 Å². The fourth-order valence-electron chi connectivity index (χ4n) is 2.75. The van der Waals surface area contributed by atoms with E-state index in [0.717, 1.165) is 11.4 Å². The molecule has 0 aliphatic carbocycles. The Bertz CT molecular complexity index is 993. The minimum absolute atomic E-state index is 0.0895. The highest BCUT2D eigenvalue weighted by Gasteiger charge is 2.10. The third-order valence-corrected chi connectivity index (χ3v) is 4.40. The molecule has 1 aromatic heterocycles. The minimum atomic E-state index is -0.368. The number of benzene rings is 2. The van der Waals surface area contributed by atoms with E-state index in [9.17, 15) is 14.0 Å². The molecule has 150 valence electrons. The summed E-state index contributed by atoms with van der Waals surface area (Å²) < 4.78 is 20.7. The Morgan fingerprint density at radius 2 is 1.62 bits per heavy atom. The molecule has 0 unspecified atom stereocenters. The van der Waals surface area contributed by atoms with Gasteiger partial charge in [-0.3, -0.25) is 19.7 Å². The van der Waals surface area contributed by atoms with Gasteiger partial charge >= 0.3 is 0 Å². The zero-order chi connectivity index (χ0) is 20.8. The van der Waals surface area contributed by atoms with E-state index in [-0.39, 0.29) is 30.8 Å². The summed E-state index contributed by atoms with van der Waals surface area (Å²) in [6.07, 6.45) is 0. The summed E-state index contributed by atoms with van der Waals surface area (Å²) in [5.74, 6) is -0.529. The van der Waals surface area contributed by atoms with Gasteiger partial charge in [-0.25, -0.2) is 4.39 Å². The second-order valence-corrected chi connectivity index (χ2v) is 6.57. The maximum Gasteiger partial charge on any atom is 0.270 e. The van der Waals surface area contributed by atoms with Gasteiger partial charge in [-0.2, -0.15) is 0 Å². The Balaban J connectivity index is 1.49. The van der Waals surface area contributed by atoms with Crippen LogP contribution in [-0.4, -0.2) is 23.1 Å². The molecule has 0 aliphatic rings. The van der Waals surface area contributed by atoms with Crippen molar-refractivity contribution in [2.24, 2.45) is 0 Å². The van der Waals surface area contributed by atoms with Crippen molar-refractivity contribution in [1.29, 1.82) is 0 Å². The number of aryl methyl sites for hydroxylation is 2. The summed E-state index contributed by atoms with van der Waals surface area (Å²) in [6.45, 7) is 3.69. The summed E-state index contributed by atoms with van der Waals surface area (Å²) in [6, 6.07) is 16.6. The number of nitrogens with zero attached hydrogens (tertiary/aromatic N) is 1. The van der Waals surface area contributed by atoms with Crippen LogP contribution >= 0.6 is 0 Å². The van der Waals surface area contributed by atoms with E-state index in [0.29, 0.717) is 16.9 Å². The van der Waals surface area contributed by atoms with Gasteiger partial charge in [0, 0.05) is 29.1 Å². The number of amides is 2. The highest BCUT2D eigenvalue weighted by molar-refractivity contribution is 6.00. The minimum Gasteiger partial charge on any atom is -0.484 e. The topological polar surface area (TPSA) is 72.4 Å². The van der Waals surface area contributed by atoms with Crippen molar-refractivity contribution >= 4 is 11.8 Å². The van der Waals surface area contributed by atoms with Crippen molar-refractivity contribution in [2.75, 3.05) is 12.0 Å². The third kappa shape index (κ3) is 5.22. The number of hydrogen-bond acceptors (Lipinski definition) is 3. The quantitative estimate of drug-likeness (QED) is 0.645. The van der Waals surface area contributed by atoms with Crippen LogP contribution in [0.3, 0.4) is 0 Å². The Morgan fingerprint density at radius 3 is 2.28 bits per heavy atom. The second kappa shape index (κ2) is 9.05. The van der Waals surface area contributed by atoms with E-state index >= 15 is 0 Å². The first-order chi connectivity index (χ1) is 13.9. The number of ether oxygens (including phenoxy) is 1. The Labute approximate surface area is 168 Å². The van der Waals surface area contributed by atoms with Crippen LogP contribution in [0.15, 0.2) is 60.7 Å². The van der Waals surface area contributed by atoms with Gasteiger partial charge in [0.15, 0.2) is 6.61 Å². The number of hydrogen-bond donors (Lipinski definition) is 2. The predicted molar refractivity (Wildman–Crippen MR) is 108 cm³/mol. The first-order valence-corrected chi connectivity index (χ1v) is 9.13. The fourth-order valence-corrected chi connectivity index (χ4v) is 2.75. The Morgan fingerprint density at radius 1 is 0.966 bits per heavy atom. The van der Waals surface area contributed by atoms with E-state index in [1.807, 2.05) is 26.0 Å². The molecule has 0 fully saturated rings. The average molecular weight is 395 g/mol. The molecule has 2 amide bonds. The van der Waals surface area contributed by atoms with Crippen molar-refractivity contribution in [3.63, 3.8) is 0 Å². The lowest BCUT2D eigenvalue weighted by molar-refractivity contribution is -0.123. The van der Waals surface area contributed by atoms with Crippen LogP contribution in [0, 0.1) is 19.7 Å². The summed E-state index contributed by atoms with van der Waals surface area (Å²) in [5, 5.41) is 2.60. The van der Waals surface area contributed by atoms with E-state index in [4.69, 9.17) is 4.74 Å². The first kappa shape index (κ1) is 20.1. The molecule has 0 spiro atoms. The third-order valence-electron chi connectivity index (χ3n) is 4.40. The summed E-state index contributed by atoms with van der Waals surface area (Å²) in [7, 11) is 0. The average Bonchev–Trinajstić information content (AvgIpc) is 3.04. The van der Waals surface area contributed by atoms with E-state index in [1.54, 1.807) is 47.1 Å². The summed E-state index contributed by atoms with van der Waals surface area (Å²) in [4.78, 5) is 24.3. The zero-order valence-corrected chi connectivity index (χ0v) is 16.2. The van der Waals surface area contributed by atoms with Crippen LogP contribution in [0.4, 0.5) is 4.39 Å². The molecule has 6 nitrogen and oxygen atoms in total. The van der Waals surface area contributed by atoms with Gasteiger partial charge < -0.3 is 10.1 Å². The number of carbonyl (C=O) groups is 2.